The van der Waals surface area contributed by atoms with Crippen molar-refractivity contribution in [2.45, 2.75) is 46.0 Å². The van der Waals surface area contributed by atoms with Crippen molar-refractivity contribution in [1.82, 2.24) is 0 Å². The van der Waals surface area contributed by atoms with Crippen molar-refractivity contribution in [1.29, 1.82) is 0 Å². The minimum Gasteiger partial charge on any atom is -0.389 e. The molecule has 0 aromatic heterocycles. The molecule has 0 aliphatic rings. The van der Waals surface area contributed by atoms with Crippen LogP contribution in [0.25, 0.3) is 0 Å². The van der Waals surface area contributed by atoms with E-state index >= 15 is 0 Å². The largest absolute Gasteiger partial charge is 0.389 e. The highest BCUT2D eigenvalue weighted by Crippen LogP contribution is 2.11. The summed E-state index contributed by atoms with van der Waals surface area (Å²) in [5.74, 6) is 0.838. The van der Waals surface area contributed by atoms with Gasteiger partial charge < -0.3 is 11.1 Å². The molecule has 0 heterocycles. The SMILES string of the molecule is CC(C)CCCCCCNc1ccc(C(N)=S)cc1. The zero-order valence-corrected chi connectivity index (χ0v) is 12.9. The van der Waals surface area contributed by atoms with E-state index in [0.717, 1.165) is 23.7 Å². The normalized spacial score (nSPS) is 10.7. The molecule has 0 saturated carbocycles. The number of hydrogen-bond donors (Lipinski definition) is 2. The van der Waals surface area contributed by atoms with Crippen LogP contribution in [-0.4, -0.2) is 11.5 Å². The van der Waals surface area contributed by atoms with Crippen molar-refractivity contribution in [3.05, 3.63) is 29.8 Å². The first-order chi connectivity index (χ1) is 9.09. The van der Waals surface area contributed by atoms with Crippen molar-refractivity contribution in [2.24, 2.45) is 11.7 Å². The van der Waals surface area contributed by atoms with E-state index < -0.39 is 0 Å². The van der Waals surface area contributed by atoms with E-state index in [2.05, 4.69) is 19.2 Å². The Kier molecular flexibility index (Phi) is 7.49. The van der Waals surface area contributed by atoms with Crippen LogP contribution in [0.5, 0.6) is 0 Å². The zero-order valence-electron chi connectivity index (χ0n) is 12.1. The first-order valence-corrected chi connectivity index (χ1v) is 7.64. The van der Waals surface area contributed by atoms with Gasteiger partial charge in [-0.05, 0) is 36.6 Å². The van der Waals surface area contributed by atoms with Crippen LogP contribution in [0.4, 0.5) is 5.69 Å². The minimum atomic E-state index is 0.455. The lowest BCUT2D eigenvalue weighted by Gasteiger charge is -2.08. The standard InChI is InChI=1S/C16H26N2S/c1-13(2)7-5-3-4-6-12-18-15-10-8-14(9-11-15)16(17)19/h8-11,13,18H,3-7,12H2,1-2H3,(H2,17,19). The number of hydrogen-bond acceptors (Lipinski definition) is 2. The second-order valence-corrected chi connectivity index (χ2v) is 5.90. The van der Waals surface area contributed by atoms with Crippen LogP contribution in [0.15, 0.2) is 24.3 Å². The number of anilines is 1. The van der Waals surface area contributed by atoms with E-state index in [4.69, 9.17) is 18.0 Å². The molecule has 0 radical (unpaired) electrons. The Morgan fingerprint density at radius 1 is 1.11 bits per heavy atom. The molecule has 0 aliphatic heterocycles. The monoisotopic (exact) mass is 278 g/mol. The van der Waals surface area contributed by atoms with Crippen LogP contribution >= 0.6 is 12.2 Å². The summed E-state index contributed by atoms with van der Waals surface area (Å²) in [4.78, 5) is 0.455. The number of nitrogens with one attached hydrogen (secondary N) is 1. The molecular weight excluding hydrogens is 252 g/mol. The fourth-order valence-corrected chi connectivity index (χ4v) is 2.15. The molecule has 0 atom stereocenters. The Labute approximate surface area is 122 Å². The number of benzene rings is 1. The van der Waals surface area contributed by atoms with Gasteiger partial charge in [0.1, 0.15) is 4.99 Å². The van der Waals surface area contributed by atoms with E-state index in [-0.39, 0.29) is 0 Å². The van der Waals surface area contributed by atoms with Crippen molar-refractivity contribution in [3.63, 3.8) is 0 Å². The number of thiocarbonyl (C=S) groups is 1. The lowest BCUT2D eigenvalue weighted by atomic mass is 10.0. The average molecular weight is 278 g/mol. The van der Waals surface area contributed by atoms with E-state index in [0.29, 0.717) is 4.99 Å². The Bertz CT molecular complexity index is 371. The van der Waals surface area contributed by atoms with Gasteiger partial charge in [0.15, 0.2) is 0 Å². The molecule has 2 nitrogen and oxygen atoms in total. The third kappa shape index (κ3) is 7.16. The van der Waals surface area contributed by atoms with Crippen LogP contribution in [0.2, 0.25) is 0 Å². The molecule has 0 unspecified atom stereocenters. The Morgan fingerprint density at radius 2 is 1.74 bits per heavy atom. The van der Waals surface area contributed by atoms with Gasteiger partial charge in [-0.1, -0.05) is 51.7 Å². The molecule has 1 rings (SSSR count). The van der Waals surface area contributed by atoms with Gasteiger partial charge >= 0.3 is 0 Å². The van der Waals surface area contributed by atoms with Crippen LogP contribution in [0, 0.1) is 5.92 Å². The highest BCUT2D eigenvalue weighted by atomic mass is 32.1. The third-order valence-electron chi connectivity index (χ3n) is 3.21. The average Bonchev–Trinajstić information content (AvgIpc) is 2.38. The zero-order chi connectivity index (χ0) is 14.1. The summed E-state index contributed by atoms with van der Waals surface area (Å²) in [5.41, 5.74) is 7.63. The Balaban J connectivity index is 2.11. The number of unbranched alkanes of at least 4 members (excludes halogenated alkanes) is 3. The summed E-state index contributed by atoms with van der Waals surface area (Å²) in [7, 11) is 0. The highest BCUT2D eigenvalue weighted by Gasteiger charge is 1.97. The number of nitrogens with two attached hydrogens (primary N) is 1. The summed E-state index contributed by atoms with van der Waals surface area (Å²) in [6.45, 7) is 5.62. The first-order valence-electron chi connectivity index (χ1n) is 7.23. The smallest absolute Gasteiger partial charge is 0.103 e. The lowest BCUT2D eigenvalue weighted by molar-refractivity contribution is 0.523. The molecule has 0 bridgehead atoms. The molecule has 0 spiro atoms. The quantitative estimate of drug-likeness (QED) is 0.521. The van der Waals surface area contributed by atoms with Crippen molar-refractivity contribution in [3.8, 4) is 0 Å². The van der Waals surface area contributed by atoms with Crippen LogP contribution in [0.1, 0.15) is 51.5 Å². The van der Waals surface area contributed by atoms with E-state index in [1.165, 1.54) is 32.1 Å². The van der Waals surface area contributed by atoms with E-state index in [1.807, 2.05) is 24.3 Å². The molecule has 0 amide bonds. The maximum atomic E-state index is 5.56. The number of rotatable bonds is 9. The summed E-state index contributed by atoms with van der Waals surface area (Å²) in [5, 5.41) is 3.43. The van der Waals surface area contributed by atoms with Gasteiger partial charge in [0.2, 0.25) is 0 Å². The predicted octanol–water partition coefficient (Wildman–Crippen LogP) is 4.34. The molecule has 1 aromatic rings. The van der Waals surface area contributed by atoms with Gasteiger partial charge in [-0.25, -0.2) is 0 Å². The van der Waals surface area contributed by atoms with Gasteiger partial charge in [0, 0.05) is 17.8 Å². The van der Waals surface area contributed by atoms with Gasteiger partial charge in [0.05, 0.1) is 0 Å². The van der Waals surface area contributed by atoms with Gasteiger partial charge in [-0.2, -0.15) is 0 Å². The van der Waals surface area contributed by atoms with Gasteiger partial charge in [-0.15, -0.1) is 0 Å². The summed E-state index contributed by atoms with van der Waals surface area (Å²) >= 11 is 4.93. The van der Waals surface area contributed by atoms with Crippen LogP contribution in [0.3, 0.4) is 0 Å². The summed E-state index contributed by atoms with van der Waals surface area (Å²) < 4.78 is 0. The fourth-order valence-electron chi connectivity index (χ4n) is 2.02. The second kappa shape index (κ2) is 8.92. The van der Waals surface area contributed by atoms with Crippen LogP contribution < -0.4 is 11.1 Å². The van der Waals surface area contributed by atoms with Gasteiger partial charge in [-0.3, -0.25) is 0 Å². The summed E-state index contributed by atoms with van der Waals surface area (Å²) in [6.07, 6.45) is 6.61. The molecule has 3 N–H and O–H groups in total. The van der Waals surface area contributed by atoms with E-state index in [9.17, 15) is 0 Å². The van der Waals surface area contributed by atoms with Crippen LogP contribution in [-0.2, 0) is 0 Å². The first kappa shape index (κ1) is 16.0. The Morgan fingerprint density at radius 3 is 2.32 bits per heavy atom. The predicted molar refractivity (Wildman–Crippen MR) is 88.7 cm³/mol. The van der Waals surface area contributed by atoms with Crippen molar-refractivity contribution < 1.29 is 0 Å². The molecule has 0 saturated heterocycles. The lowest BCUT2D eigenvalue weighted by Crippen LogP contribution is -2.09. The summed E-state index contributed by atoms with van der Waals surface area (Å²) in [6, 6.07) is 8.00. The molecule has 0 aliphatic carbocycles. The van der Waals surface area contributed by atoms with Crippen molar-refractivity contribution in [2.75, 3.05) is 11.9 Å². The molecule has 0 fully saturated rings. The molecule has 19 heavy (non-hydrogen) atoms. The fraction of sp³-hybridized carbons (Fsp3) is 0.562. The maximum absolute atomic E-state index is 5.56. The van der Waals surface area contributed by atoms with Crippen molar-refractivity contribution >= 4 is 22.9 Å². The third-order valence-corrected chi connectivity index (χ3v) is 3.44. The maximum Gasteiger partial charge on any atom is 0.103 e. The Hall–Kier alpha value is -1.09. The molecule has 1 aromatic carbocycles. The molecule has 3 heteroatoms. The van der Waals surface area contributed by atoms with Gasteiger partial charge in [0.25, 0.3) is 0 Å². The molecular formula is C16H26N2S. The topological polar surface area (TPSA) is 38.0 Å². The second-order valence-electron chi connectivity index (χ2n) is 5.47. The highest BCUT2D eigenvalue weighted by molar-refractivity contribution is 7.80. The minimum absolute atomic E-state index is 0.455. The van der Waals surface area contributed by atoms with E-state index in [1.54, 1.807) is 0 Å². The molecule has 106 valence electrons.